The van der Waals surface area contributed by atoms with Gasteiger partial charge in [0.25, 0.3) is 0 Å². The molecular formula is C18H22ClFN2O2. The Balaban J connectivity index is 1.74. The van der Waals surface area contributed by atoms with Crippen LogP contribution in [-0.2, 0) is 16.1 Å². The number of likely N-dealkylation sites (tertiary alicyclic amines) is 1. The number of nitrogens with zero attached hydrogens (tertiary/aromatic N) is 1. The van der Waals surface area contributed by atoms with Crippen molar-refractivity contribution in [1.29, 1.82) is 0 Å². The van der Waals surface area contributed by atoms with Crippen molar-refractivity contribution in [3.05, 3.63) is 34.6 Å². The summed E-state index contributed by atoms with van der Waals surface area (Å²) in [7, 11) is 1.80. The zero-order valence-electron chi connectivity index (χ0n) is 13.8. The van der Waals surface area contributed by atoms with Crippen molar-refractivity contribution < 1.29 is 14.0 Å². The van der Waals surface area contributed by atoms with Crippen LogP contribution in [0.5, 0.6) is 0 Å². The van der Waals surface area contributed by atoms with Gasteiger partial charge in [0.15, 0.2) is 0 Å². The second-order valence-corrected chi connectivity index (χ2v) is 7.26. The lowest BCUT2D eigenvalue weighted by Crippen LogP contribution is -2.60. The third-order valence-corrected chi connectivity index (χ3v) is 5.81. The van der Waals surface area contributed by atoms with Crippen molar-refractivity contribution >= 4 is 23.4 Å². The molecule has 1 aromatic rings. The summed E-state index contributed by atoms with van der Waals surface area (Å²) < 4.78 is 13.2. The number of carbonyl (C=O) groups is 2. The maximum atomic E-state index is 13.2. The maximum absolute atomic E-state index is 13.2. The van der Waals surface area contributed by atoms with Crippen LogP contribution in [0.25, 0.3) is 0 Å². The number of carbonyl (C=O) groups excluding carboxylic acids is 2. The minimum absolute atomic E-state index is 0.00741. The van der Waals surface area contributed by atoms with Crippen molar-refractivity contribution in [2.24, 2.45) is 5.41 Å². The van der Waals surface area contributed by atoms with Crippen molar-refractivity contribution in [3.8, 4) is 0 Å². The van der Waals surface area contributed by atoms with Crippen molar-refractivity contribution in [3.63, 3.8) is 0 Å². The van der Waals surface area contributed by atoms with E-state index in [9.17, 15) is 14.0 Å². The average Bonchev–Trinajstić information content (AvgIpc) is 2.59. The van der Waals surface area contributed by atoms with Gasteiger partial charge >= 0.3 is 0 Å². The first-order valence-corrected chi connectivity index (χ1v) is 8.80. The lowest BCUT2D eigenvalue weighted by Gasteiger charge is -2.50. The summed E-state index contributed by atoms with van der Waals surface area (Å²) in [6.45, 7) is 0.310. The smallest absolute Gasteiger partial charge is 0.228 e. The van der Waals surface area contributed by atoms with Crippen molar-refractivity contribution in [2.45, 2.75) is 51.1 Å². The molecule has 0 bridgehead atoms. The van der Waals surface area contributed by atoms with E-state index < -0.39 is 11.2 Å². The highest BCUT2D eigenvalue weighted by atomic mass is 35.5. The average molecular weight is 353 g/mol. The molecule has 2 amide bonds. The van der Waals surface area contributed by atoms with Crippen LogP contribution in [0.3, 0.4) is 0 Å². The molecule has 1 aliphatic carbocycles. The standard InChI is InChI=1S/C18H22ClFN2O2/c1-22-15-4-2-3-8-18(15,9-7-16(22)23)17(24)21-11-12-5-6-14(20)13(19)10-12/h5-6,10,15H,2-4,7-9,11H2,1H3,(H,21,24)/t15-,18-/m1/s1. The first-order chi connectivity index (χ1) is 11.4. The Morgan fingerprint density at radius 1 is 1.42 bits per heavy atom. The van der Waals surface area contributed by atoms with Crippen LogP contribution in [0.4, 0.5) is 4.39 Å². The van der Waals surface area contributed by atoms with Gasteiger partial charge < -0.3 is 10.2 Å². The summed E-state index contributed by atoms with van der Waals surface area (Å²) in [5.41, 5.74) is 0.267. The SMILES string of the molecule is CN1C(=O)CC[C@]2(C(=O)NCc3ccc(F)c(Cl)c3)CCCC[C@@H]12. The lowest BCUT2D eigenvalue weighted by molar-refractivity contribution is -0.153. The topological polar surface area (TPSA) is 49.4 Å². The number of amides is 2. The van der Waals surface area contributed by atoms with Gasteiger partial charge in [-0.25, -0.2) is 4.39 Å². The van der Waals surface area contributed by atoms with E-state index in [1.807, 2.05) is 0 Å². The molecule has 0 radical (unpaired) electrons. The summed E-state index contributed by atoms with van der Waals surface area (Å²) in [6, 6.07) is 4.43. The Bertz CT molecular complexity index is 666. The van der Waals surface area contributed by atoms with Crippen LogP contribution in [-0.4, -0.2) is 29.8 Å². The summed E-state index contributed by atoms with van der Waals surface area (Å²) in [5.74, 6) is -0.354. The van der Waals surface area contributed by atoms with E-state index in [-0.39, 0.29) is 22.9 Å². The number of hydrogen-bond acceptors (Lipinski definition) is 2. The molecule has 1 saturated heterocycles. The Labute approximate surface area is 146 Å². The molecule has 130 valence electrons. The third kappa shape index (κ3) is 3.02. The number of nitrogens with one attached hydrogen (secondary N) is 1. The van der Waals surface area contributed by atoms with E-state index in [4.69, 9.17) is 11.6 Å². The molecule has 1 heterocycles. The molecule has 0 unspecified atom stereocenters. The fraction of sp³-hybridized carbons (Fsp3) is 0.556. The molecule has 1 aliphatic heterocycles. The maximum Gasteiger partial charge on any atom is 0.228 e. The van der Waals surface area contributed by atoms with Crippen LogP contribution in [0, 0.1) is 11.2 Å². The monoisotopic (exact) mass is 352 g/mol. The molecule has 1 N–H and O–H groups in total. The highest BCUT2D eigenvalue weighted by molar-refractivity contribution is 6.30. The molecule has 4 nitrogen and oxygen atoms in total. The first-order valence-electron chi connectivity index (χ1n) is 8.42. The number of halogens is 2. The molecule has 3 rings (SSSR count). The molecule has 0 spiro atoms. The zero-order valence-corrected chi connectivity index (χ0v) is 14.5. The predicted molar refractivity (Wildman–Crippen MR) is 89.9 cm³/mol. The molecule has 24 heavy (non-hydrogen) atoms. The zero-order chi connectivity index (χ0) is 17.3. The number of benzene rings is 1. The summed E-state index contributed by atoms with van der Waals surface area (Å²) in [4.78, 5) is 26.7. The molecule has 1 aromatic carbocycles. The molecule has 2 fully saturated rings. The quantitative estimate of drug-likeness (QED) is 0.907. The van der Waals surface area contributed by atoms with Gasteiger partial charge in [0.05, 0.1) is 10.4 Å². The molecule has 0 aromatic heterocycles. The van der Waals surface area contributed by atoms with Crippen LogP contribution >= 0.6 is 11.6 Å². The summed E-state index contributed by atoms with van der Waals surface area (Å²) in [5, 5.41) is 3.04. The van der Waals surface area contributed by atoms with Crippen LogP contribution in [0.2, 0.25) is 5.02 Å². The first kappa shape index (κ1) is 17.2. The van der Waals surface area contributed by atoms with Gasteiger partial charge in [0.1, 0.15) is 5.82 Å². The van der Waals surface area contributed by atoms with Gasteiger partial charge in [-0.2, -0.15) is 0 Å². The molecule has 2 atom stereocenters. The lowest BCUT2D eigenvalue weighted by atomic mass is 9.64. The largest absolute Gasteiger partial charge is 0.351 e. The van der Waals surface area contributed by atoms with Crippen molar-refractivity contribution in [1.82, 2.24) is 10.2 Å². The number of rotatable bonds is 3. The third-order valence-electron chi connectivity index (χ3n) is 5.52. The summed E-state index contributed by atoms with van der Waals surface area (Å²) >= 11 is 5.79. The van der Waals surface area contributed by atoms with E-state index in [1.54, 1.807) is 18.0 Å². The van der Waals surface area contributed by atoms with E-state index >= 15 is 0 Å². The highest BCUT2D eigenvalue weighted by Crippen LogP contribution is 2.46. The second kappa shape index (κ2) is 6.71. The van der Waals surface area contributed by atoms with Crippen LogP contribution < -0.4 is 5.32 Å². The van der Waals surface area contributed by atoms with Gasteiger partial charge in [-0.15, -0.1) is 0 Å². The number of hydrogen-bond donors (Lipinski definition) is 1. The van der Waals surface area contributed by atoms with Crippen LogP contribution in [0.1, 0.15) is 44.1 Å². The highest BCUT2D eigenvalue weighted by Gasteiger charge is 2.52. The number of fused-ring (bicyclic) bond motifs is 1. The normalized spacial score (nSPS) is 26.9. The van der Waals surface area contributed by atoms with Crippen LogP contribution in [0.15, 0.2) is 18.2 Å². The van der Waals surface area contributed by atoms with Gasteiger partial charge in [-0.1, -0.05) is 30.5 Å². The Morgan fingerprint density at radius 2 is 2.21 bits per heavy atom. The van der Waals surface area contributed by atoms with Gasteiger partial charge in [0.2, 0.25) is 11.8 Å². The fourth-order valence-corrected chi connectivity index (χ4v) is 4.35. The van der Waals surface area contributed by atoms with E-state index in [2.05, 4.69) is 5.32 Å². The van der Waals surface area contributed by atoms with Gasteiger partial charge in [0, 0.05) is 26.1 Å². The van der Waals surface area contributed by atoms with Crippen molar-refractivity contribution in [2.75, 3.05) is 7.05 Å². The molecular weight excluding hydrogens is 331 g/mol. The van der Waals surface area contributed by atoms with E-state index in [1.165, 1.54) is 12.1 Å². The van der Waals surface area contributed by atoms with E-state index in [0.717, 1.165) is 31.2 Å². The van der Waals surface area contributed by atoms with Gasteiger partial charge in [-0.3, -0.25) is 9.59 Å². The second-order valence-electron chi connectivity index (χ2n) is 6.85. The minimum atomic E-state index is -0.495. The number of piperidine rings is 1. The minimum Gasteiger partial charge on any atom is -0.351 e. The Hall–Kier alpha value is -1.62. The van der Waals surface area contributed by atoms with Gasteiger partial charge in [-0.05, 0) is 37.0 Å². The Kier molecular flexibility index (Phi) is 4.81. The molecule has 1 saturated carbocycles. The molecule has 6 heteroatoms. The molecule has 2 aliphatic rings. The Morgan fingerprint density at radius 3 is 2.96 bits per heavy atom. The fourth-order valence-electron chi connectivity index (χ4n) is 4.14. The predicted octanol–water partition coefficient (Wildman–Crippen LogP) is 3.28. The van der Waals surface area contributed by atoms with E-state index in [0.29, 0.717) is 19.4 Å². The summed E-state index contributed by atoms with van der Waals surface area (Å²) in [6.07, 6.45) is 4.77.